The van der Waals surface area contributed by atoms with E-state index in [0.717, 1.165) is 4.88 Å². The molecule has 1 saturated heterocycles. The minimum Gasteiger partial charge on any atom is -0.300 e. The third kappa shape index (κ3) is 1.69. The lowest BCUT2D eigenvalue weighted by Gasteiger charge is -2.24. The van der Waals surface area contributed by atoms with Crippen molar-refractivity contribution in [2.75, 3.05) is 0 Å². The van der Waals surface area contributed by atoms with E-state index in [0.29, 0.717) is 5.11 Å². The zero-order valence-corrected chi connectivity index (χ0v) is 8.17. The summed E-state index contributed by atoms with van der Waals surface area (Å²) in [6.07, 6.45) is 0. The van der Waals surface area contributed by atoms with E-state index in [1.807, 2.05) is 17.5 Å². The maximum absolute atomic E-state index is 11.4. The molecule has 1 unspecified atom stereocenters. The second-order valence-corrected chi connectivity index (χ2v) is 3.92. The highest BCUT2D eigenvalue weighted by Crippen LogP contribution is 2.19. The predicted molar refractivity (Wildman–Crippen MR) is 54.1 cm³/mol. The first kappa shape index (κ1) is 8.61. The Kier molecular flexibility index (Phi) is 2.26. The van der Waals surface area contributed by atoms with Gasteiger partial charge in [0.25, 0.3) is 0 Å². The van der Waals surface area contributed by atoms with E-state index in [4.69, 9.17) is 12.2 Å². The predicted octanol–water partition coefficient (Wildman–Crippen LogP) is 0.298. The van der Waals surface area contributed by atoms with Gasteiger partial charge < -0.3 is 5.32 Å². The van der Waals surface area contributed by atoms with Gasteiger partial charge in [-0.2, -0.15) is 0 Å². The maximum Gasteiger partial charge on any atom is 0.250 e. The van der Waals surface area contributed by atoms with Crippen molar-refractivity contribution in [1.29, 1.82) is 0 Å². The summed E-state index contributed by atoms with van der Waals surface area (Å²) < 4.78 is 0. The van der Waals surface area contributed by atoms with E-state index in [9.17, 15) is 4.79 Å². The molecule has 4 nitrogen and oxygen atoms in total. The largest absolute Gasteiger partial charge is 0.300 e. The third-order valence-electron chi connectivity index (χ3n) is 1.66. The Morgan fingerprint density at radius 1 is 1.54 bits per heavy atom. The Balaban J connectivity index is 2.17. The SMILES string of the molecule is O=C1NC(=S)NNC1c1cccs1. The molecule has 1 fully saturated rings. The second kappa shape index (κ2) is 3.41. The normalized spacial score (nSPS) is 22.3. The lowest BCUT2D eigenvalue weighted by atomic mass is 10.2. The van der Waals surface area contributed by atoms with E-state index in [1.165, 1.54) is 11.3 Å². The number of thiophene rings is 1. The molecule has 1 aromatic heterocycles. The Morgan fingerprint density at radius 3 is 3.00 bits per heavy atom. The molecule has 1 aromatic rings. The summed E-state index contributed by atoms with van der Waals surface area (Å²) in [7, 11) is 0. The Hall–Kier alpha value is -0.980. The molecular weight excluding hydrogens is 206 g/mol. The minimum atomic E-state index is -0.341. The second-order valence-electron chi connectivity index (χ2n) is 2.54. The van der Waals surface area contributed by atoms with Crippen LogP contribution in [0.25, 0.3) is 0 Å². The van der Waals surface area contributed by atoms with Gasteiger partial charge in [-0.25, -0.2) is 5.43 Å². The highest BCUT2D eigenvalue weighted by molar-refractivity contribution is 7.80. The van der Waals surface area contributed by atoms with Crippen LogP contribution >= 0.6 is 23.6 Å². The van der Waals surface area contributed by atoms with Crippen LogP contribution in [0.4, 0.5) is 0 Å². The highest BCUT2D eigenvalue weighted by atomic mass is 32.1. The summed E-state index contributed by atoms with van der Waals surface area (Å²) in [5.41, 5.74) is 5.54. The average molecular weight is 213 g/mol. The van der Waals surface area contributed by atoms with Crippen LogP contribution in [0.2, 0.25) is 0 Å². The van der Waals surface area contributed by atoms with Gasteiger partial charge in [0.05, 0.1) is 0 Å². The van der Waals surface area contributed by atoms with Gasteiger partial charge in [-0.15, -0.1) is 11.3 Å². The van der Waals surface area contributed by atoms with Crippen molar-refractivity contribution in [3.63, 3.8) is 0 Å². The molecule has 0 bridgehead atoms. The lowest BCUT2D eigenvalue weighted by Crippen LogP contribution is -2.57. The van der Waals surface area contributed by atoms with Crippen molar-refractivity contribution in [2.45, 2.75) is 6.04 Å². The molecule has 3 N–H and O–H groups in total. The van der Waals surface area contributed by atoms with Gasteiger partial charge >= 0.3 is 0 Å². The van der Waals surface area contributed by atoms with Crippen molar-refractivity contribution < 1.29 is 4.79 Å². The van der Waals surface area contributed by atoms with Crippen LogP contribution in [0.5, 0.6) is 0 Å². The van der Waals surface area contributed by atoms with Gasteiger partial charge in [0.1, 0.15) is 6.04 Å². The van der Waals surface area contributed by atoms with E-state index in [-0.39, 0.29) is 11.9 Å². The van der Waals surface area contributed by atoms with Crippen LogP contribution in [0.1, 0.15) is 10.9 Å². The van der Waals surface area contributed by atoms with Crippen molar-refractivity contribution >= 4 is 34.6 Å². The number of hydrogen-bond donors (Lipinski definition) is 3. The Morgan fingerprint density at radius 2 is 2.38 bits per heavy atom. The highest BCUT2D eigenvalue weighted by Gasteiger charge is 2.25. The third-order valence-corrected chi connectivity index (χ3v) is 2.80. The van der Waals surface area contributed by atoms with Crippen molar-refractivity contribution in [3.8, 4) is 0 Å². The van der Waals surface area contributed by atoms with E-state index < -0.39 is 0 Å². The van der Waals surface area contributed by atoms with Gasteiger partial charge in [-0.3, -0.25) is 10.2 Å². The first-order chi connectivity index (χ1) is 6.27. The molecule has 68 valence electrons. The standard InChI is InChI=1S/C7H7N3OS2/c11-6-5(4-2-1-3-13-4)9-10-7(12)8-6/h1-3,5,9H,(H2,8,10,11,12). The van der Waals surface area contributed by atoms with Crippen LogP contribution in [-0.4, -0.2) is 11.0 Å². The molecule has 2 heterocycles. The van der Waals surface area contributed by atoms with Crippen LogP contribution in [0.15, 0.2) is 17.5 Å². The summed E-state index contributed by atoms with van der Waals surface area (Å²) in [6.45, 7) is 0. The van der Waals surface area contributed by atoms with Crippen molar-refractivity contribution in [1.82, 2.24) is 16.2 Å². The molecule has 6 heteroatoms. The van der Waals surface area contributed by atoms with Crippen molar-refractivity contribution in [3.05, 3.63) is 22.4 Å². The van der Waals surface area contributed by atoms with Gasteiger partial charge in [-0.1, -0.05) is 6.07 Å². The number of hydrazine groups is 1. The zero-order chi connectivity index (χ0) is 9.26. The van der Waals surface area contributed by atoms with Gasteiger partial charge in [0.2, 0.25) is 5.91 Å². The van der Waals surface area contributed by atoms with E-state index in [1.54, 1.807) is 0 Å². The summed E-state index contributed by atoms with van der Waals surface area (Å²) in [5.74, 6) is -0.119. The molecule has 1 amide bonds. The molecule has 1 atom stereocenters. The van der Waals surface area contributed by atoms with Crippen LogP contribution in [0.3, 0.4) is 0 Å². The van der Waals surface area contributed by atoms with E-state index >= 15 is 0 Å². The molecule has 0 aliphatic carbocycles. The summed E-state index contributed by atoms with van der Waals surface area (Å²) >= 11 is 6.29. The summed E-state index contributed by atoms with van der Waals surface area (Å²) in [5, 5.41) is 4.79. The van der Waals surface area contributed by atoms with Gasteiger partial charge in [-0.05, 0) is 23.7 Å². The van der Waals surface area contributed by atoms with Crippen LogP contribution in [0, 0.1) is 0 Å². The van der Waals surface area contributed by atoms with Gasteiger partial charge in [0.15, 0.2) is 5.11 Å². The Labute approximate surface area is 84.3 Å². The number of hydrogen-bond acceptors (Lipinski definition) is 4. The number of carbonyl (C=O) groups excluding carboxylic acids is 1. The molecule has 13 heavy (non-hydrogen) atoms. The summed E-state index contributed by atoms with van der Waals surface area (Å²) in [6, 6.07) is 3.46. The monoisotopic (exact) mass is 213 g/mol. The molecule has 0 aromatic carbocycles. The fourth-order valence-electron chi connectivity index (χ4n) is 1.07. The van der Waals surface area contributed by atoms with Crippen LogP contribution in [-0.2, 0) is 4.79 Å². The first-order valence-corrected chi connectivity index (χ1v) is 4.96. The van der Waals surface area contributed by atoms with Gasteiger partial charge in [0, 0.05) is 4.88 Å². The number of nitrogens with one attached hydrogen (secondary N) is 3. The molecule has 1 aliphatic heterocycles. The zero-order valence-electron chi connectivity index (χ0n) is 6.53. The Bertz CT molecular complexity index is 336. The number of amides is 1. The van der Waals surface area contributed by atoms with E-state index in [2.05, 4.69) is 16.2 Å². The molecular formula is C7H7N3OS2. The number of rotatable bonds is 1. The van der Waals surface area contributed by atoms with Crippen LogP contribution < -0.4 is 16.2 Å². The fourth-order valence-corrected chi connectivity index (χ4v) is 2.01. The topological polar surface area (TPSA) is 53.2 Å². The molecule has 0 spiro atoms. The first-order valence-electron chi connectivity index (χ1n) is 3.67. The smallest absolute Gasteiger partial charge is 0.250 e. The molecule has 0 radical (unpaired) electrons. The minimum absolute atomic E-state index is 0.119. The fraction of sp³-hybridized carbons (Fsp3) is 0.143. The van der Waals surface area contributed by atoms with Crippen molar-refractivity contribution in [2.24, 2.45) is 0 Å². The number of carbonyl (C=O) groups is 1. The number of thiocarbonyl (C=S) groups is 1. The quantitative estimate of drug-likeness (QED) is 0.587. The molecule has 2 rings (SSSR count). The average Bonchev–Trinajstić information content (AvgIpc) is 2.56. The molecule has 1 aliphatic rings. The summed E-state index contributed by atoms with van der Waals surface area (Å²) in [4.78, 5) is 12.4. The lowest BCUT2D eigenvalue weighted by molar-refractivity contribution is -0.122. The molecule has 0 saturated carbocycles. The maximum atomic E-state index is 11.4.